The number of hydroxylamine groups is 2. The largest absolute Gasteiger partial charge is 0.472 e. The monoisotopic (exact) mass is 396 g/mol. The molecule has 0 radical (unpaired) electrons. The molecular weight excluding hydrogens is 380 g/mol. The number of ether oxygens (including phenoxy) is 1. The molecule has 4 rings (SSSR count). The van der Waals surface area contributed by atoms with Gasteiger partial charge in [-0.1, -0.05) is 42.5 Å². The van der Waals surface area contributed by atoms with E-state index in [0.29, 0.717) is 16.2 Å². The molecule has 0 unspecified atom stereocenters. The van der Waals surface area contributed by atoms with Gasteiger partial charge in [0.15, 0.2) is 6.73 Å². The van der Waals surface area contributed by atoms with Gasteiger partial charge < -0.3 is 9.64 Å². The lowest BCUT2D eigenvalue weighted by atomic mass is 10.1. The van der Waals surface area contributed by atoms with E-state index in [1.54, 1.807) is 30.3 Å². The third kappa shape index (κ3) is 3.64. The molecule has 0 N–H and O–H groups in total. The first-order valence-corrected chi connectivity index (χ1v) is 9.42. The average molecular weight is 396 g/mol. The van der Waals surface area contributed by atoms with Gasteiger partial charge in [0.2, 0.25) is 0 Å². The van der Waals surface area contributed by atoms with Gasteiger partial charge in [-0.2, -0.15) is 0 Å². The number of hydrogen-bond acceptors (Lipinski definition) is 6. The lowest BCUT2D eigenvalue weighted by Crippen LogP contribution is -2.41. The molecule has 2 aromatic carbocycles. The van der Waals surface area contributed by atoms with Crippen LogP contribution in [0.2, 0.25) is 0 Å². The highest BCUT2D eigenvalue weighted by molar-refractivity contribution is 8.18. The molecule has 0 atom stereocenters. The van der Waals surface area contributed by atoms with Crippen molar-refractivity contribution in [3.63, 3.8) is 0 Å². The first-order chi connectivity index (χ1) is 13.6. The molecule has 0 aliphatic carbocycles. The summed E-state index contributed by atoms with van der Waals surface area (Å²) in [5.74, 6) is -0.143. The molecule has 2 heterocycles. The highest BCUT2D eigenvalue weighted by atomic mass is 32.2. The maximum Gasteiger partial charge on any atom is 0.317 e. The molecule has 0 saturated carbocycles. The molecular formula is C20H16N2O5S. The number of para-hydroxylation sites is 1. The number of nitrogens with zero attached hydrogens (tertiary/aromatic N) is 2. The Morgan fingerprint density at radius 1 is 1.00 bits per heavy atom. The number of benzene rings is 2. The number of thioether (sulfide) groups is 1. The number of carbonyl (C=O) groups excluding carboxylic acids is 3. The van der Waals surface area contributed by atoms with Crippen LogP contribution in [0, 0.1) is 0 Å². The molecule has 0 spiro atoms. The lowest BCUT2D eigenvalue weighted by Gasteiger charge is -2.28. The Balaban J connectivity index is 1.35. The summed E-state index contributed by atoms with van der Waals surface area (Å²) >= 11 is 0.822. The molecule has 0 bridgehead atoms. The van der Waals surface area contributed by atoms with Crippen LogP contribution in [0.1, 0.15) is 15.9 Å². The average Bonchev–Trinajstić information content (AvgIpc) is 2.98. The zero-order valence-corrected chi connectivity index (χ0v) is 15.6. The summed E-state index contributed by atoms with van der Waals surface area (Å²) in [6, 6.07) is 16.2. The van der Waals surface area contributed by atoms with E-state index in [-0.39, 0.29) is 25.8 Å². The van der Waals surface area contributed by atoms with Gasteiger partial charge in [-0.25, -0.2) is 0 Å². The van der Waals surface area contributed by atoms with Gasteiger partial charge in [0.1, 0.15) is 5.75 Å². The van der Waals surface area contributed by atoms with Gasteiger partial charge in [-0.3, -0.25) is 19.2 Å². The zero-order valence-electron chi connectivity index (χ0n) is 14.7. The smallest absolute Gasteiger partial charge is 0.317 e. The summed E-state index contributed by atoms with van der Waals surface area (Å²) in [7, 11) is 0. The number of carbonyl (C=O) groups is 3. The highest BCUT2D eigenvalue weighted by Gasteiger charge is 2.36. The molecule has 2 aromatic rings. The summed E-state index contributed by atoms with van der Waals surface area (Å²) < 4.78 is 5.54. The molecule has 8 heteroatoms. The van der Waals surface area contributed by atoms with Crippen molar-refractivity contribution in [3.05, 3.63) is 70.6 Å². The summed E-state index contributed by atoms with van der Waals surface area (Å²) in [5, 5.41) is 0.238. The normalized spacial score (nSPS) is 17.9. The van der Waals surface area contributed by atoms with Crippen LogP contribution < -0.4 is 4.74 Å². The molecule has 2 aliphatic rings. The minimum atomic E-state index is -0.509. The predicted octanol–water partition coefficient (Wildman–Crippen LogP) is 3.15. The highest BCUT2D eigenvalue weighted by Crippen LogP contribution is 2.32. The van der Waals surface area contributed by atoms with Gasteiger partial charge >= 0.3 is 5.24 Å². The van der Waals surface area contributed by atoms with Crippen LogP contribution >= 0.6 is 11.8 Å². The van der Waals surface area contributed by atoms with Crippen molar-refractivity contribution >= 4 is 34.9 Å². The Hall–Kier alpha value is -3.10. The number of rotatable bonds is 5. The number of hydrogen-bond donors (Lipinski definition) is 0. The van der Waals surface area contributed by atoms with Crippen molar-refractivity contribution in [2.45, 2.75) is 0 Å². The molecule has 3 amide bonds. The third-order valence-corrected chi connectivity index (χ3v) is 5.07. The third-order valence-electron chi connectivity index (χ3n) is 4.22. The van der Waals surface area contributed by atoms with Gasteiger partial charge in [-0.05, 0) is 35.5 Å². The van der Waals surface area contributed by atoms with E-state index in [9.17, 15) is 14.4 Å². The Morgan fingerprint density at radius 2 is 1.75 bits per heavy atom. The second-order valence-corrected chi connectivity index (χ2v) is 7.05. The van der Waals surface area contributed by atoms with Crippen LogP contribution in [0.5, 0.6) is 5.75 Å². The number of amides is 3. The van der Waals surface area contributed by atoms with Gasteiger partial charge in [0.25, 0.3) is 11.8 Å². The van der Waals surface area contributed by atoms with E-state index in [4.69, 9.17) is 9.57 Å². The first kappa shape index (κ1) is 18.3. The quantitative estimate of drug-likeness (QED) is 0.723. The minimum absolute atomic E-state index is 0.00603. The summed E-state index contributed by atoms with van der Waals surface area (Å²) in [6.07, 6.45) is 1.65. The topological polar surface area (TPSA) is 76.2 Å². The maximum absolute atomic E-state index is 12.5. The van der Waals surface area contributed by atoms with Crippen LogP contribution in [0.15, 0.2) is 59.5 Å². The van der Waals surface area contributed by atoms with E-state index in [1.165, 1.54) is 4.90 Å². The van der Waals surface area contributed by atoms with E-state index in [1.807, 2.05) is 30.3 Å². The maximum atomic E-state index is 12.5. The Labute approximate surface area is 165 Å². The zero-order chi connectivity index (χ0) is 19.5. The first-order valence-electron chi connectivity index (χ1n) is 8.60. The van der Waals surface area contributed by atoms with Gasteiger partial charge in [-0.15, -0.1) is 5.06 Å². The van der Waals surface area contributed by atoms with Crippen LogP contribution in [-0.4, -0.2) is 46.9 Å². The van der Waals surface area contributed by atoms with Gasteiger partial charge in [0.05, 0.1) is 23.6 Å². The van der Waals surface area contributed by atoms with Crippen molar-refractivity contribution in [1.82, 2.24) is 9.96 Å². The number of imide groups is 1. The summed E-state index contributed by atoms with van der Waals surface area (Å²) in [5.41, 5.74) is 1.30. The Morgan fingerprint density at radius 3 is 2.57 bits per heavy atom. The van der Waals surface area contributed by atoms with E-state index in [0.717, 1.165) is 22.4 Å². The van der Waals surface area contributed by atoms with Crippen molar-refractivity contribution in [2.24, 2.45) is 0 Å². The predicted molar refractivity (Wildman–Crippen MR) is 103 cm³/mol. The fraction of sp³-hybridized carbons (Fsp3) is 0.150. The second-order valence-electron chi connectivity index (χ2n) is 6.06. The fourth-order valence-electron chi connectivity index (χ4n) is 2.82. The molecule has 1 saturated heterocycles. The lowest BCUT2D eigenvalue weighted by molar-refractivity contribution is -0.160. The summed E-state index contributed by atoms with van der Waals surface area (Å²) in [4.78, 5) is 44.1. The second kappa shape index (κ2) is 7.87. The van der Waals surface area contributed by atoms with Crippen molar-refractivity contribution < 1.29 is 24.0 Å². The van der Waals surface area contributed by atoms with Crippen LogP contribution in [-0.2, 0) is 9.63 Å². The summed E-state index contributed by atoms with van der Waals surface area (Å²) in [6.45, 7) is 0.273. The molecule has 28 heavy (non-hydrogen) atoms. The Bertz CT molecular complexity index is 960. The fourth-order valence-corrected chi connectivity index (χ4v) is 3.59. The van der Waals surface area contributed by atoms with E-state index >= 15 is 0 Å². The van der Waals surface area contributed by atoms with Crippen LogP contribution in [0.4, 0.5) is 4.79 Å². The van der Waals surface area contributed by atoms with Crippen LogP contribution in [0.3, 0.4) is 0 Å². The molecule has 142 valence electrons. The molecule has 0 aromatic heterocycles. The minimum Gasteiger partial charge on any atom is -0.472 e. The molecule has 2 aliphatic heterocycles. The van der Waals surface area contributed by atoms with Crippen LogP contribution in [0.25, 0.3) is 6.08 Å². The van der Waals surface area contributed by atoms with Gasteiger partial charge in [0, 0.05) is 0 Å². The standard InChI is InChI=1S/C20H16N2O5S/c23-18-15-8-4-5-9-16(15)26-13-21(18)10-11-27-22-19(24)17(28-20(22)25)12-14-6-2-1-3-7-14/h1-9,12H,10-11,13H2. The van der Waals surface area contributed by atoms with E-state index in [2.05, 4.69) is 0 Å². The SMILES string of the molecule is O=C1c2ccccc2OCN1CCON1C(=O)SC(=Cc2ccccc2)C1=O. The molecule has 7 nitrogen and oxygen atoms in total. The van der Waals surface area contributed by atoms with Crippen molar-refractivity contribution in [3.8, 4) is 5.75 Å². The molecule has 1 fully saturated rings. The Kier molecular flexibility index (Phi) is 5.14. The van der Waals surface area contributed by atoms with Crippen molar-refractivity contribution in [2.75, 3.05) is 19.9 Å². The number of fused-ring (bicyclic) bond motifs is 1. The van der Waals surface area contributed by atoms with E-state index < -0.39 is 11.1 Å². The van der Waals surface area contributed by atoms with Crippen molar-refractivity contribution in [1.29, 1.82) is 0 Å².